The first-order valence-electron chi connectivity index (χ1n) is 11.0. The third-order valence-corrected chi connectivity index (χ3v) is 8.42. The van der Waals surface area contributed by atoms with E-state index in [1.807, 2.05) is 19.1 Å². The lowest BCUT2D eigenvalue weighted by molar-refractivity contribution is 0.0570. The van der Waals surface area contributed by atoms with Crippen LogP contribution in [0.25, 0.3) is 10.1 Å². The molecule has 0 unspecified atom stereocenters. The lowest BCUT2D eigenvalue weighted by Crippen LogP contribution is -2.45. The average molecular weight is 507 g/mol. The molecule has 1 aliphatic rings. The largest absolute Gasteiger partial charge is 0.493 e. The summed E-state index contributed by atoms with van der Waals surface area (Å²) < 4.78 is 12.6. The number of hydrogen-bond donors (Lipinski definition) is 2. The molecule has 0 atom stereocenters. The van der Waals surface area contributed by atoms with Crippen molar-refractivity contribution in [1.82, 2.24) is 10.6 Å². The first-order chi connectivity index (χ1) is 16.0. The van der Waals surface area contributed by atoms with Crippen molar-refractivity contribution in [3.05, 3.63) is 50.5 Å². The van der Waals surface area contributed by atoms with E-state index in [4.69, 9.17) is 21.1 Å². The highest BCUT2D eigenvalue weighted by atomic mass is 35.5. The number of ether oxygens (including phenoxy) is 2. The summed E-state index contributed by atoms with van der Waals surface area (Å²) in [5.74, 6) is 0.211. The summed E-state index contributed by atoms with van der Waals surface area (Å²) in [5.41, 5.74) is 1.45. The number of hydrogen-bond acceptors (Lipinski definition) is 6. The smallest absolute Gasteiger partial charge is 0.407 e. The van der Waals surface area contributed by atoms with E-state index in [0.717, 1.165) is 25.7 Å². The second-order valence-electron chi connectivity index (χ2n) is 8.20. The van der Waals surface area contributed by atoms with Crippen LogP contribution in [0.3, 0.4) is 0 Å². The Hall–Kier alpha value is -2.29. The Morgan fingerprint density at radius 1 is 1.15 bits per heavy atom. The minimum Gasteiger partial charge on any atom is -0.493 e. The van der Waals surface area contributed by atoms with Crippen LogP contribution in [0.4, 0.5) is 4.79 Å². The summed E-state index contributed by atoms with van der Waals surface area (Å²) in [6.07, 6.45) is 2.60. The molecule has 2 N–H and O–H groups in total. The van der Waals surface area contributed by atoms with E-state index in [1.165, 1.54) is 34.1 Å². The number of alkyl carbamates (subject to hydrolysis) is 1. The quantitative estimate of drug-likeness (QED) is 0.413. The van der Waals surface area contributed by atoms with Gasteiger partial charge in [-0.2, -0.15) is 0 Å². The third-order valence-electron chi connectivity index (χ3n) is 6.28. The van der Waals surface area contributed by atoms with Gasteiger partial charge in [-0.25, -0.2) is 4.79 Å². The second-order valence-corrected chi connectivity index (χ2v) is 10.6. The summed E-state index contributed by atoms with van der Waals surface area (Å²) >= 11 is 9.16. The van der Waals surface area contributed by atoms with Gasteiger partial charge < -0.3 is 20.1 Å². The molecule has 1 aromatic carbocycles. The predicted octanol–water partition coefficient (Wildman–Crippen LogP) is 5.98. The van der Waals surface area contributed by atoms with E-state index in [9.17, 15) is 9.59 Å². The zero-order valence-electron chi connectivity index (χ0n) is 18.6. The summed E-state index contributed by atoms with van der Waals surface area (Å²) in [6, 6.07) is 8.36. The van der Waals surface area contributed by atoms with E-state index < -0.39 is 0 Å². The van der Waals surface area contributed by atoms with Gasteiger partial charge in [0.15, 0.2) is 5.75 Å². The molecule has 0 radical (unpaired) electrons. The summed E-state index contributed by atoms with van der Waals surface area (Å²) in [6.45, 7) is 2.89. The van der Waals surface area contributed by atoms with Crippen molar-refractivity contribution in [3.8, 4) is 5.75 Å². The van der Waals surface area contributed by atoms with Crippen LogP contribution < -0.4 is 15.4 Å². The van der Waals surface area contributed by atoms with E-state index in [0.29, 0.717) is 28.7 Å². The van der Waals surface area contributed by atoms with E-state index in [1.54, 1.807) is 16.7 Å². The van der Waals surface area contributed by atoms with Gasteiger partial charge in [-0.15, -0.1) is 22.7 Å². The fourth-order valence-electron chi connectivity index (χ4n) is 4.54. The lowest BCUT2D eigenvalue weighted by atomic mass is 9.68. The number of fused-ring (bicyclic) bond motifs is 1. The maximum absolute atomic E-state index is 13.0. The lowest BCUT2D eigenvalue weighted by Gasteiger charge is -2.40. The van der Waals surface area contributed by atoms with Crippen LogP contribution in [-0.4, -0.2) is 38.3 Å². The van der Waals surface area contributed by atoms with Crippen molar-refractivity contribution in [1.29, 1.82) is 0 Å². The Morgan fingerprint density at radius 3 is 2.64 bits per heavy atom. The van der Waals surface area contributed by atoms with Crippen LogP contribution >= 0.6 is 34.3 Å². The molecule has 176 valence electrons. The molecular formula is C24H27ClN2O4S2. The predicted molar refractivity (Wildman–Crippen MR) is 134 cm³/mol. The standard InChI is InChI=1S/C24H27ClN2O4S2/c1-3-26-23(29)31-15-8-10-24(11-9-15,18-13-32-19-7-5-4-6-16(18)19)14-27-22(28)17-12-33-21(25)20(17)30-2/h4-7,12-13,15H,3,8-11,14H2,1-2H3,(H,26,29)(H,27,28)/t15-,24+. The number of nitrogens with one attached hydrogen (secondary N) is 2. The maximum Gasteiger partial charge on any atom is 0.407 e. The van der Waals surface area contributed by atoms with Gasteiger partial charge in [0.1, 0.15) is 10.4 Å². The number of amides is 2. The molecule has 3 aromatic rings. The van der Waals surface area contributed by atoms with E-state index in [2.05, 4.69) is 28.1 Å². The third kappa shape index (κ3) is 4.98. The maximum atomic E-state index is 13.0. The highest BCUT2D eigenvalue weighted by Crippen LogP contribution is 2.45. The zero-order chi connectivity index (χ0) is 23.4. The van der Waals surface area contributed by atoms with Crippen molar-refractivity contribution < 1.29 is 19.1 Å². The molecule has 2 aromatic heterocycles. The van der Waals surface area contributed by atoms with Gasteiger partial charge in [0, 0.05) is 28.6 Å². The average Bonchev–Trinajstić information content (AvgIpc) is 3.42. The van der Waals surface area contributed by atoms with Gasteiger partial charge in [0.05, 0.1) is 12.7 Å². The summed E-state index contributed by atoms with van der Waals surface area (Å²) in [5, 5.41) is 11.0. The normalized spacial score (nSPS) is 20.4. The van der Waals surface area contributed by atoms with Crippen molar-refractivity contribution >= 4 is 56.4 Å². The van der Waals surface area contributed by atoms with Gasteiger partial charge in [-0.05, 0) is 55.0 Å². The zero-order valence-corrected chi connectivity index (χ0v) is 21.0. The number of benzene rings is 1. The molecule has 4 rings (SSSR count). The highest BCUT2D eigenvalue weighted by molar-refractivity contribution is 7.17. The molecule has 33 heavy (non-hydrogen) atoms. The molecule has 9 heteroatoms. The topological polar surface area (TPSA) is 76.7 Å². The van der Waals surface area contributed by atoms with Crippen molar-refractivity contribution in [2.24, 2.45) is 0 Å². The van der Waals surface area contributed by atoms with E-state index in [-0.39, 0.29) is 23.5 Å². The Labute approximate surface area is 206 Å². The Bertz CT molecular complexity index is 1130. The first-order valence-corrected chi connectivity index (χ1v) is 13.1. The van der Waals surface area contributed by atoms with Crippen LogP contribution in [0.5, 0.6) is 5.75 Å². The Balaban J connectivity index is 1.56. The fourth-order valence-corrected chi connectivity index (χ4v) is 6.68. The SMILES string of the molecule is CCNC(=O)O[C@H]1CC[C@@](CNC(=O)c2csc(Cl)c2OC)(c2csc3ccccc32)CC1. The van der Waals surface area contributed by atoms with Crippen LogP contribution in [-0.2, 0) is 10.2 Å². The Morgan fingerprint density at radius 2 is 1.91 bits per heavy atom. The molecule has 2 amide bonds. The number of rotatable bonds is 7. The van der Waals surface area contributed by atoms with Gasteiger partial charge in [0.2, 0.25) is 0 Å². The van der Waals surface area contributed by atoms with Gasteiger partial charge in [-0.1, -0.05) is 29.8 Å². The summed E-state index contributed by atoms with van der Waals surface area (Å²) in [7, 11) is 1.51. The molecule has 2 heterocycles. The molecule has 1 fully saturated rings. The molecule has 6 nitrogen and oxygen atoms in total. The van der Waals surface area contributed by atoms with Crippen molar-refractivity contribution in [2.75, 3.05) is 20.2 Å². The molecular weight excluding hydrogens is 480 g/mol. The first kappa shape index (κ1) is 23.9. The molecule has 0 saturated heterocycles. The molecule has 0 bridgehead atoms. The minimum absolute atomic E-state index is 0.124. The minimum atomic E-state index is -0.370. The van der Waals surface area contributed by atoms with Crippen molar-refractivity contribution in [3.63, 3.8) is 0 Å². The second kappa shape index (κ2) is 10.3. The van der Waals surface area contributed by atoms with Crippen LogP contribution in [0, 0.1) is 0 Å². The number of carbonyl (C=O) groups excluding carboxylic acids is 2. The van der Waals surface area contributed by atoms with Crippen molar-refractivity contribution in [2.45, 2.75) is 44.1 Å². The molecule has 0 spiro atoms. The van der Waals surface area contributed by atoms with Crippen LogP contribution in [0.15, 0.2) is 35.0 Å². The number of halogens is 1. The monoisotopic (exact) mass is 506 g/mol. The van der Waals surface area contributed by atoms with E-state index >= 15 is 0 Å². The number of thiophene rings is 2. The number of methoxy groups -OCH3 is 1. The van der Waals surface area contributed by atoms with Gasteiger partial charge in [0.25, 0.3) is 5.91 Å². The molecule has 1 saturated carbocycles. The molecule has 0 aliphatic heterocycles. The van der Waals surface area contributed by atoms with Crippen LogP contribution in [0.1, 0.15) is 48.5 Å². The fraction of sp³-hybridized carbons (Fsp3) is 0.417. The van der Waals surface area contributed by atoms with Crippen LogP contribution in [0.2, 0.25) is 4.34 Å². The summed E-state index contributed by atoms with van der Waals surface area (Å²) in [4.78, 5) is 24.9. The van der Waals surface area contributed by atoms with Gasteiger partial charge >= 0.3 is 6.09 Å². The van der Waals surface area contributed by atoms with Gasteiger partial charge in [-0.3, -0.25) is 4.79 Å². The number of carbonyl (C=O) groups is 2. The highest BCUT2D eigenvalue weighted by Gasteiger charge is 2.40. The Kier molecular flexibility index (Phi) is 7.46. The molecule has 1 aliphatic carbocycles.